The van der Waals surface area contributed by atoms with E-state index in [1.165, 1.54) is 41.4 Å². The van der Waals surface area contributed by atoms with Crippen molar-refractivity contribution in [1.29, 1.82) is 0 Å². The Morgan fingerprint density at radius 2 is 2.19 bits per heavy atom. The highest BCUT2D eigenvalue weighted by Crippen LogP contribution is 2.28. The minimum atomic E-state index is 0.526. The van der Waals surface area contributed by atoms with Crippen molar-refractivity contribution in [3.63, 3.8) is 0 Å². The maximum atomic E-state index is 6.02. The predicted octanol–water partition coefficient (Wildman–Crippen LogP) is 3.29. The molecule has 3 rings (SSSR count). The second-order valence-corrected chi connectivity index (χ2v) is 6.40. The molecule has 2 heterocycles. The average molecular weight is 285 g/mol. The highest BCUT2D eigenvalue weighted by atomic mass is 15.2. The summed E-state index contributed by atoms with van der Waals surface area (Å²) >= 11 is 0. The molecule has 0 aliphatic carbocycles. The minimum Gasteiger partial charge on any atom is -0.361 e. The van der Waals surface area contributed by atoms with Crippen LogP contribution in [0.3, 0.4) is 0 Å². The molecule has 2 atom stereocenters. The van der Waals surface area contributed by atoms with Gasteiger partial charge in [0.15, 0.2) is 0 Å². The Kier molecular flexibility index (Phi) is 4.32. The number of aryl methyl sites for hydroxylation is 1. The first kappa shape index (κ1) is 14.6. The van der Waals surface area contributed by atoms with Gasteiger partial charge in [0.25, 0.3) is 0 Å². The van der Waals surface area contributed by atoms with Crippen molar-refractivity contribution in [3.05, 3.63) is 35.5 Å². The number of rotatable bonds is 4. The van der Waals surface area contributed by atoms with Crippen molar-refractivity contribution >= 4 is 10.9 Å². The number of benzene rings is 1. The van der Waals surface area contributed by atoms with Crippen LogP contribution < -0.4 is 5.73 Å². The molecule has 1 aliphatic heterocycles. The lowest BCUT2D eigenvalue weighted by Gasteiger charge is -2.39. The van der Waals surface area contributed by atoms with Gasteiger partial charge in [-0.25, -0.2) is 0 Å². The topological polar surface area (TPSA) is 45.0 Å². The highest BCUT2D eigenvalue weighted by Gasteiger charge is 2.27. The first-order valence-corrected chi connectivity index (χ1v) is 8.26. The van der Waals surface area contributed by atoms with Gasteiger partial charge in [0, 0.05) is 36.2 Å². The fourth-order valence-corrected chi connectivity index (χ4v) is 3.83. The van der Waals surface area contributed by atoms with Crippen LogP contribution in [0.1, 0.15) is 37.8 Å². The van der Waals surface area contributed by atoms with Crippen LogP contribution in [0.5, 0.6) is 0 Å². The van der Waals surface area contributed by atoms with Gasteiger partial charge in [-0.05, 0) is 42.9 Å². The molecule has 2 aromatic rings. The minimum absolute atomic E-state index is 0.526. The van der Waals surface area contributed by atoms with Crippen molar-refractivity contribution in [2.24, 2.45) is 11.7 Å². The molecule has 3 nitrogen and oxygen atoms in total. The van der Waals surface area contributed by atoms with Gasteiger partial charge in [-0.1, -0.05) is 32.0 Å². The molecule has 1 aromatic heterocycles. The van der Waals surface area contributed by atoms with E-state index in [4.69, 9.17) is 5.73 Å². The van der Waals surface area contributed by atoms with E-state index >= 15 is 0 Å². The molecule has 1 fully saturated rings. The van der Waals surface area contributed by atoms with Crippen LogP contribution in [0.4, 0.5) is 0 Å². The van der Waals surface area contributed by atoms with E-state index < -0.39 is 0 Å². The first-order chi connectivity index (χ1) is 10.2. The van der Waals surface area contributed by atoms with Gasteiger partial charge >= 0.3 is 0 Å². The summed E-state index contributed by atoms with van der Waals surface area (Å²) in [7, 11) is 0. The van der Waals surface area contributed by atoms with Gasteiger partial charge in [-0.2, -0.15) is 0 Å². The molecule has 2 unspecified atom stereocenters. The number of piperidine rings is 1. The summed E-state index contributed by atoms with van der Waals surface area (Å²) < 4.78 is 0. The summed E-state index contributed by atoms with van der Waals surface area (Å²) in [5, 5.41) is 1.38. The summed E-state index contributed by atoms with van der Waals surface area (Å²) in [5.74, 6) is 0.708. The number of aromatic amines is 1. The summed E-state index contributed by atoms with van der Waals surface area (Å²) in [6.45, 7) is 7.51. The summed E-state index contributed by atoms with van der Waals surface area (Å²) in [6, 6.07) is 7.16. The average Bonchev–Trinajstić information content (AvgIpc) is 2.91. The number of para-hydroxylation sites is 1. The van der Waals surface area contributed by atoms with Gasteiger partial charge in [0.1, 0.15) is 0 Å². The van der Waals surface area contributed by atoms with Crippen LogP contribution in [-0.2, 0) is 13.0 Å². The van der Waals surface area contributed by atoms with E-state index in [-0.39, 0.29) is 0 Å². The monoisotopic (exact) mass is 285 g/mol. The zero-order valence-corrected chi connectivity index (χ0v) is 13.2. The smallest absolute Gasteiger partial charge is 0.0489 e. The summed E-state index contributed by atoms with van der Waals surface area (Å²) in [4.78, 5) is 6.06. The third-order valence-electron chi connectivity index (χ3n) is 5.11. The molecule has 0 spiro atoms. The zero-order valence-electron chi connectivity index (χ0n) is 13.2. The molecular weight excluding hydrogens is 258 g/mol. The molecule has 114 valence electrons. The predicted molar refractivity (Wildman–Crippen MR) is 89.3 cm³/mol. The van der Waals surface area contributed by atoms with Crippen LogP contribution in [0, 0.1) is 5.92 Å². The van der Waals surface area contributed by atoms with Crippen LogP contribution >= 0.6 is 0 Å². The summed E-state index contributed by atoms with van der Waals surface area (Å²) in [5.41, 5.74) is 10.1. The third-order valence-corrected chi connectivity index (χ3v) is 5.11. The van der Waals surface area contributed by atoms with Gasteiger partial charge in [0.05, 0.1) is 0 Å². The fraction of sp³-hybridized carbons (Fsp3) is 0.556. The van der Waals surface area contributed by atoms with Crippen molar-refractivity contribution in [2.75, 3.05) is 13.1 Å². The number of nitrogens with zero attached hydrogens (tertiary/aromatic N) is 1. The molecular formula is C18H27N3. The molecule has 21 heavy (non-hydrogen) atoms. The second kappa shape index (κ2) is 6.20. The highest BCUT2D eigenvalue weighted by molar-refractivity contribution is 5.86. The fourth-order valence-electron chi connectivity index (χ4n) is 3.83. The SMILES string of the molecule is CCc1cccc2c(CN3CCCC(C)C3CN)c[nH]c12. The summed E-state index contributed by atoms with van der Waals surface area (Å²) in [6.07, 6.45) is 5.87. The van der Waals surface area contributed by atoms with Gasteiger partial charge in [-0.15, -0.1) is 0 Å². The Hall–Kier alpha value is -1.32. The lowest BCUT2D eigenvalue weighted by atomic mass is 9.90. The molecule has 3 N–H and O–H groups in total. The zero-order chi connectivity index (χ0) is 14.8. The van der Waals surface area contributed by atoms with Gasteiger partial charge < -0.3 is 10.7 Å². The molecule has 0 radical (unpaired) electrons. The number of hydrogen-bond donors (Lipinski definition) is 2. The quantitative estimate of drug-likeness (QED) is 0.905. The van der Waals surface area contributed by atoms with E-state index in [2.05, 4.69) is 48.1 Å². The number of aromatic nitrogens is 1. The first-order valence-electron chi connectivity index (χ1n) is 8.26. The Morgan fingerprint density at radius 3 is 2.95 bits per heavy atom. The molecule has 0 saturated carbocycles. The number of fused-ring (bicyclic) bond motifs is 1. The van der Waals surface area contributed by atoms with E-state index in [0.29, 0.717) is 12.0 Å². The lowest BCUT2D eigenvalue weighted by Crippen LogP contribution is -2.47. The molecule has 0 bridgehead atoms. The number of H-pyrrole nitrogens is 1. The van der Waals surface area contributed by atoms with Crippen molar-refractivity contribution < 1.29 is 0 Å². The maximum Gasteiger partial charge on any atom is 0.0489 e. The van der Waals surface area contributed by atoms with Gasteiger partial charge in [0.2, 0.25) is 0 Å². The van der Waals surface area contributed by atoms with Crippen LogP contribution in [0.25, 0.3) is 10.9 Å². The normalized spacial score (nSPS) is 23.8. The Labute approximate surface area is 127 Å². The largest absolute Gasteiger partial charge is 0.361 e. The van der Waals surface area contributed by atoms with E-state index in [1.807, 2.05) is 0 Å². The van der Waals surface area contributed by atoms with Crippen LogP contribution in [-0.4, -0.2) is 29.0 Å². The molecule has 0 amide bonds. The standard InChI is InChI=1S/C18H27N3/c1-3-14-7-4-8-16-15(11-20-18(14)16)12-21-9-5-6-13(2)17(21)10-19/h4,7-8,11,13,17,20H,3,5-6,9-10,12,19H2,1-2H3. The molecule has 1 aliphatic rings. The van der Waals surface area contributed by atoms with Crippen LogP contribution in [0.15, 0.2) is 24.4 Å². The van der Waals surface area contributed by atoms with Crippen molar-refractivity contribution in [1.82, 2.24) is 9.88 Å². The van der Waals surface area contributed by atoms with E-state index in [0.717, 1.165) is 19.5 Å². The number of nitrogens with two attached hydrogens (primary N) is 1. The third kappa shape index (κ3) is 2.72. The Morgan fingerprint density at radius 1 is 1.33 bits per heavy atom. The van der Waals surface area contributed by atoms with E-state index in [1.54, 1.807) is 0 Å². The number of likely N-dealkylation sites (tertiary alicyclic amines) is 1. The molecule has 1 saturated heterocycles. The second-order valence-electron chi connectivity index (χ2n) is 6.40. The number of nitrogens with one attached hydrogen (secondary N) is 1. The Balaban J connectivity index is 1.87. The van der Waals surface area contributed by atoms with E-state index in [9.17, 15) is 0 Å². The van der Waals surface area contributed by atoms with Crippen molar-refractivity contribution in [2.45, 2.75) is 45.7 Å². The van der Waals surface area contributed by atoms with Crippen LogP contribution in [0.2, 0.25) is 0 Å². The Bertz CT molecular complexity index is 602. The van der Waals surface area contributed by atoms with Crippen molar-refractivity contribution in [3.8, 4) is 0 Å². The lowest BCUT2D eigenvalue weighted by molar-refractivity contribution is 0.0995. The van der Waals surface area contributed by atoms with Gasteiger partial charge in [-0.3, -0.25) is 4.90 Å². The molecule has 3 heteroatoms. The number of hydrogen-bond acceptors (Lipinski definition) is 2. The molecule has 1 aromatic carbocycles. The maximum absolute atomic E-state index is 6.02.